The van der Waals surface area contributed by atoms with Crippen LogP contribution in [0.25, 0.3) is 0 Å². The van der Waals surface area contributed by atoms with Crippen molar-refractivity contribution in [1.82, 2.24) is 0 Å². The zero-order valence-corrected chi connectivity index (χ0v) is 13.4. The second-order valence-electron chi connectivity index (χ2n) is 5.54. The van der Waals surface area contributed by atoms with Gasteiger partial charge < -0.3 is 14.9 Å². The molecular weight excluding hydrogens is 311 g/mol. The summed E-state index contributed by atoms with van der Waals surface area (Å²) in [5.41, 5.74) is 2.94. The molecule has 124 valence electrons. The Bertz CT molecular complexity index is 787. The molecule has 0 bridgehead atoms. The van der Waals surface area contributed by atoms with Gasteiger partial charge in [-0.3, -0.25) is 4.79 Å². The molecule has 5 nitrogen and oxygen atoms in total. The molecule has 0 aromatic heterocycles. The Morgan fingerprint density at radius 2 is 2.04 bits per heavy atom. The van der Waals surface area contributed by atoms with Crippen LogP contribution in [-0.4, -0.2) is 24.8 Å². The van der Waals surface area contributed by atoms with Crippen molar-refractivity contribution < 1.29 is 18.8 Å². The number of aryl methyl sites for hydroxylation is 1. The van der Waals surface area contributed by atoms with Gasteiger partial charge in [0.1, 0.15) is 11.6 Å². The lowest BCUT2D eigenvalue weighted by atomic mass is 10.0. The lowest BCUT2D eigenvalue weighted by molar-refractivity contribution is -0.125. The minimum absolute atomic E-state index is 0.306. The van der Waals surface area contributed by atoms with Crippen LogP contribution >= 0.6 is 0 Å². The number of anilines is 1. The Hall–Kier alpha value is -2.89. The van der Waals surface area contributed by atoms with Gasteiger partial charge in [0.25, 0.3) is 5.91 Å². The monoisotopic (exact) mass is 328 g/mol. The highest BCUT2D eigenvalue weighted by atomic mass is 19.1. The van der Waals surface area contributed by atoms with Gasteiger partial charge in [-0.25, -0.2) is 4.39 Å². The number of carbonyl (C=O) groups is 1. The van der Waals surface area contributed by atoms with E-state index in [-0.39, 0.29) is 11.7 Å². The van der Waals surface area contributed by atoms with Crippen LogP contribution in [0.1, 0.15) is 17.5 Å². The highest BCUT2D eigenvalue weighted by molar-refractivity contribution is 6.06. The van der Waals surface area contributed by atoms with Gasteiger partial charge in [0, 0.05) is 6.42 Å². The number of oxime groups is 1. The van der Waals surface area contributed by atoms with E-state index >= 15 is 0 Å². The molecule has 0 spiro atoms. The molecule has 1 aliphatic rings. The minimum atomic E-state index is -0.727. The number of hydrogen-bond acceptors (Lipinski definition) is 4. The average Bonchev–Trinajstić information content (AvgIpc) is 3.06. The molecule has 1 amide bonds. The first kappa shape index (κ1) is 16.0. The largest absolute Gasteiger partial charge is 0.495 e. The molecule has 2 aromatic rings. The molecule has 3 rings (SSSR count). The van der Waals surface area contributed by atoms with Gasteiger partial charge >= 0.3 is 0 Å². The van der Waals surface area contributed by atoms with E-state index in [0.29, 0.717) is 23.6 Å². The van der Waals surface area contributed by atoms with Crippen molar-refractivity contribution in [3.63, 3.8) is 0 Å². The van der Waals surface area contributed by atoms with Gasteiger partial charge in [-0.1, -0.05) is 23.4 Å². The average molecular weight is 328 g/mol. The van der Waals surface area contributed by atoms with Gasteiger partial charge in [0.2, 0.25) is 6.10 Å². The van der Waals surface area contributed by atoms with E-state index < -0.39 is 6.10 Å². The molecular formula is C18H17FN2O3. The second kappa shape index (κ2) is 6.70. The molecule has 1 aliphatic heterocycles. The summed E-state index contributed by atoms with van der Waals surface area (Å²) in [7, 11) is 1.54. The Kier molecular flexibility index (Phi) is 4.46. The van der Waals surface area contributed by atoms with Crippen LogP contribution in [0.5, 0.6) is 5.75 Å². The molecule has 0 fully saturated rings. The van der Waals surface area contributed by atoms with Crippen LogP contribution in [0.4, 0.5) is 10.1 Å². The SMILES string of the molecule is COc1ccc(C)cc1NC(=O)C1CC(c2ccc(F)cc2)=NO1. The Labute approximate surface area is 139 Å². The second-order valence-corrected chi connectivity index (χ2v) is 5.54. The Morgan fingerprint density at radius 1 is 1.29 bits per heavy atom. The zero-order chi connectivity index (χ0) is 17.1. The number of ether oxygens (including phenoxy) is 1. The maximum atomic E-state index is 13.0. The summed E-state index contributed by atoms with van der Waals surface area (Å²) in [6.07, 6.45) is -0.402. The molecule has 0 saturated carbocycles. The molecule has 24 heavy (non-hydrogen) atoms. The van der Waals surface area contributed by atoms with Crippen molar-refractivity contribution in [2.24, 2.45) is 5.16 Å². The predicted molar refractivity (Wildman–Crippen MR) is 88.8 cm³/mol. The fourth-order valence-electron chi connectivity index (χ4n) is 2.46. The number of benzene rings is 2. The summed E-state index contributed by atoms with van der Waals surface area (Å²) in [5.74, 6) is -0.0505. The smallest absolute Gasteiger partial charge is 0.268 e. The third-order valence-electron chi connectivity index (χ3n) is 3.75. The number of nitrogens with zero attached hydrogens (tertiary/aromatic N) is 1. The summed E-state index contributed by atoms with van der Waals surface area (Å²) >= 11 is 0. The van der Waals surface area contributed by atoms with Crippen molar-refractivity contribution >= 4 is 17.3 Å². The van der Waals surface area contributed by atoms with Crippen molar-refractivity contribution in [2.45, 2.75) is 19.4 Å². The van der Waals surface area contributed by atoms with E-state index in [2.05, 4.69) is 10.5 Å². The molecule has 0 saturated heterocycles. The minimum Gasteiger partial charge on any atom is -0.495 e. The van der Waals surface area contributed by atoms with E-state index in [1.165, 1.54) is 12.1 Å². The fourth-order valence-corrected chi connectivity index (χ4v) is 2.46. The standard InChI is InChI=1S/C18H17FN2O3/c1-11-3-8-16(23-2)15(9-11)20-18(22)17-10-14(21-24-17)12-4-6-13(19)7-5-12/h3-9,17H,10H2,1-2H3,(H,20,22). The normalized spacial score (nSPS) is 16.3. The first-order chi connectivity index (χ1) is 11.6. The van der Waals surface area contributed by atoms with Crippen molar-refractivity contribution in [1.29, 1.82) is 0 Å². The molecule has 1 atom stereocenters. The van der Waals surface area contributed by atoms with Crippen molar-refractivity contribution in [3.05, 3.63) is 59.4 Å². The van der Waals surface area contributed by atoms with Crippen LogP contribution in [0, 0.1) is 12.7 Å². The quantitative estimate of drug-likeness (QED) is 0.937. The number of halogens is 1. The molecule has 1 heterocycles. The topological polar surface area (TPSA) is 59.9 Å². The van der Waals surface area contributed by atoms with E-state index in [4.69, 9.17) is 9.57 Å². The van der Waals surface area contributed by atoms with Crippen LogP contribution in [0.3, 0.4) is 0 Å². The summed E-state index contributed by atoms with van der Waals surface area (Å²) in [6, 6.07) is 11.4. The van der Waals surface area contributed by atoms with Crippen molar-refractivity contribution in [2.75, 3.05) is 12.4 Å². The molecule has 1 unspecified atom stereocenters. The fraction of sp³-hybridized carbons (Fsp3) is 0.222. The number of rotatable bonds is 4. The van der Waals surface area contributed by atoms with Gasteiger partial charge in [-0.2, -0.15) is 0 Å². The lowest BCUT2D eigenvalue weighted by Gasteiger charge is -2.13. The van der Waals surface area contributed by atoms with E-state index in [1.807, 2.05) is 19.1 Å². The number of nitrogens with one attached hydrogen (secondary N) is 1. The molecule has 0 radical (unpaired) electrons. The highest BCUT2D eigenvalue weighted by Gasteiger charge is 2.29. The number of carbonyl (C=O) groups excluding carboxylic acids is 1. The van der Waals surface area contributed by atoms with Gasteiger partial charge in [0.15, 0.2) is 0 Å². The lowest BCUT2D eigenvalue weighted by Crippen LogP contribution is -2.28. The van der Waals surface area contributed by atoms with E-state index in [0.717, 1.165) is 11.1 Å². The first-order valence-corrected chi connectivity index (χ1v) is 7.51. The third-order valence-corrected chi connectivity index (χ3v) is 3.75. The van der Waals surface area contributed by atoms with Crippen LogP contribution in [0.2, 0.25) is 0 Å². The molecule has 2 aromatic carbocycles. The van der Waals surface area contributed by atoms with Gasteiger partial charge in [0.05, 0.1) is 18.5 Å². The summed E-state index contributed by atoms with van der Waals surface area (Å²) in [4.78, 5) is 17.6. The predicted octanol–water partition coefficient (Wildman–Crippen LogP) is 3.27. The van der Waals surface area contributed by atoms with Gasteiger partial charge in [-0.05, 0) is 42.3 Å². The van der Waals surface area contributed by atoms with Crippen LogP contribution < -0.4 is 10.1 Å². The Morgan fingerprint density at radius 3 is 2.75 bits per heavy atom. The third kappa shape index (κ3) is 3.37. The first-order valence-electron chi connectivity index (χ1n) is 7.51. The molecule has 1 N–H and O–H groups in total. The molecule has 6 heteroatoms. The molecule has 0 aliphatic carbocycles. The Balaban J connectivity index is 1.68. The van der Waals surface area contributed by atoms with E-state index in [1.54, 1.807) is 25.3 Å². The van der Waals surface area contributed by atoms with Gasteiger partial charge in [-0.15, -0.1) is 0 Å². The maximum absolute atomic E-state index is 13.0. The van der Waals surface area contributed by atoms with Crippen LogP contribution in [-0.2, 0) is 9.63 Å². The summed E-state index contributed by atoms with van der Waals surface area (Å²) in [5, 5.41) is 6.75. The summed E-state index contributed by atoms with van der Waals surface area (Å²) in [6.45, 7) is 1.93. The number of methoxy groups -OCH3 is 1. The summed E-state index contributed by atoms with van der Waals surface area (Å²) < 4.78 is 18.2. The highest BCUT2D eigenvalue weighted by Crippen LogP contribution is 2.26. The maximum Gasteiger partial charge on any atom is 0.268 e. The van der Waals surface area contributed by atoms with Crippen LogP contribution in [0.15, 0.2) is 47.6 Å². The van der Waals surface area contributed by atoms with Crippen molar-refractivity contribution in [3.8, 4) is 5.75 Å². The van der Waals surface area contributed by atoms with E-state index in [9.17, 15) is 9.18 Å². The zero-order valence-electron chi connectivity index (χ0n) is 13.4. The number of amides is 1. The number of hydrogen-bond donors (Lipinski definition) is 1.